The standard InChI is InChI=1S/C12H14ClNO4/c1-17-10-5-8(7-14-11(15)6-13)3-4-9(10)12(16)18-2/h3-5H,6-7H2,1-2H3,(H,14,15). The Hall–Kier alpha value is -1.75. The maximum atomic E-state index is 11.4. The third kappa shape index (κ3) is 3.63. The molecule has 0 unspecified atom stereocenters. The smallest absolute Gasteiger partial charge is 0.341 e. The number of benzene rings is 1. The molecule has 0 aliphatic heterocycles. The van der Waals surface area contributed by atoms with Crippen molar-refractivity contribution in [2.75, 3.05) is 20.1 Å². The summed E-state index contributed by atoms with van der Waals surface area (Å²) >= 11 is 5.36. The maximum Gasteiger partial charge on any atom is 0.341 e. The highest BCUT2D eigenvalue weighted by Gasteiger charge is 2.13. The summed E-state index contributed by atoms with van der Waals surface area (Å²) < 4.78 is 9.73. The molecule has 0 aliphatic carbocycles. The number of rotatable bonds is 5. The fraction of sp³-hybridized carbons (Fsp3) is 0.333. The molecule has 0 heterocycles. The fourth-order valence-electron chi connectivity index (χ4n) is 1.37. The summed E-state index contributed by atoms with van der Waals surface area (Å²) in [4.78, 5) is 22.4. The van der Waals surface area contributed by atoms with Gasteiger partial charge >= 0.3 is 5.97 Å². The van der Waals surface area contributed by atoms with Crippen LogP contribution in [-0.2, 0) is 16.1 Å². The minimum Gasteiger partial charge on any atom is -0.496 e. The van der Waals surface area contributed by atoms with Gasteiger partial charge < -0.3 is 14.8 Å². The van der Waals surface area contributed by atoms with Crippen molar-refractivity contribution in [3.8, 4) is 5.75 Å². The Bertz CT molecular complexity index is 448. The number of halogens is 1. The van der Waals surface area contributed by atoms with Gasteiger partial charge in [-0.25, -0.2) is 4.79 Å². The minimum atomic E-state index is -0.469. The quantitative estimate of drug-likeness (QED) is 0.648. The van der Waals surface area contributed by atoms with Crippen molar-refractivity contribution in [3.05, 3.63) is 29.3 Å². The van der Waals surface area contributed by atoms with Crippen LogP contribution in [0.2, 0.25) is 0 Å². The Morgan fingerprint density at radius 3 is 2.61 bits per heavy atom. The van der Waals surface area contributed by atoms with Gasteiger partial charge in [0.25, 0.3) is 0 Å². The number of nitrogens with one attached hydrogen (secondary N) is 1. The Morgan fingerprint density at radius 1 is 1.33 bits per heavy atom. The van der Waals surface area contributed by atoms with Crippen LogP contribution in [0.15, 0.2) is 18.2 Å². The molecule has 0 aromatic heterocycles. The Morgan fingerprint density at radius 2 is 2.06 bits per heavy atom. The molecule has 1 aromatic carbocycles. The molecule has 0 fully saturated rings. The molecule has 6 heteroatoms. The predicted molar refractivity (Wildman–Crippen MR) is 66.9 cm³/mol. The molecule has 0 saturated heterocycles. The van der Waals surface area contributed by atoms with E-state index in [2.05, 4.69) is 10.1 Å². The van der Waals surface area contributed by atoms with Crippen LogP contribution in [0.3, 0.4) is 0 Å². The van der Waals surface area contributed by atoms with E-state index in [1.54, 1.807) is 18.2 Å². The van der Waals surface area contributed by atoms with Gasteiger partial charge in [-0.2, -0.15) is 0 Å². The molecule has 1 aromatic rings. The van der Waals surface area contributed by atoms with E-state index in [0.717, 1.165) is 5.56 Å². The van der Waals surface area contributed by atoms with Crippen LogP contribution < -0.4 is 10.1 Å². The first-order valence-corrected chi connectivity index (χ1v) is 5.73. The molecule has 0 atom stereocenters. The van der Waals surface area contributed by atoms with Crippen LogP contribution in [0.5, 0.6) is 5.75 Å². The second kappa shape index (κ2) is 6.86. The molecule has 5 nitrogen and oxygen atoms in total. The highest BCUT2D eigenvalue weighted by molar-refractivity contribution is 6.27. The molecule has 1 amide bonds. The van der Waals surface area contributed by atoms with E-state index in [9.17, 15) is 9.59 Å². The van der Waals surface area contributed by atoms with Gasteiger partial charge in [0.2, 0.25) is 5.91 Å². The van der Waals surface area contributed by atoms with Gasteiger partial charge in [-0.3, -0.25) is 4.79 Å². The summed E-state index contributed by atoms with van der Waals surface area (Å²) in [6.07, 6.45) is 0. The van der Waals surface area contributed by atoms with Crippen molar-refractivity contribution in [2.24, 2.45) is 0 Å². The van der Waals surface area contributed by atoms with E-state index >= 15 is 0 Å². The summed E-state index contributed by atoms with van der Waals surface area (Å²) in [7, 11) is 2.76. The molecule has 1 rings (SSSR count). The van der Waals surface area contributed by atoms with Crippen LogP contribution in [0, 0.1) is 0 Å². The molecule has 0 aliphatic rings. The second-order valence-corrected chi connectivity index (χ2v) is 3.70. The Balaban J connectivity index is 2.85. The van der Waals surface area contributed by atoms with Crippen LogP contribution >= 0.6 is 11.6 Å². The van der Waals surface area contributed by atoms with Crippen molar-refractivity contribution in [3.63, 3.8) is 0 Å². The fourth-order valence-corrected chi connectivity index (χ4v) is 1.47. The first-order chi connectivity index (χ1) is 8.62. The first-order valence-electron chi connectivity index (χ1n) is 5.20. The maximum absolute atomic E-state index is 11.4. The average Bonchev–Trinajstić information content (AvgIpc) is 2.43. The van der Waals surface area contributed by atoms with Crippen LogP contribution in [0.25, 0.3) is 0 Å². The number of hydrogen-bond donors (Lipinski definition) is 1. The number of amides is 1. The normalized spacial score (nSPS) is 9.72. The van der Waals surface area contributed by atoms with E-state index in [1.165, 1.54) is 14.2 Å². The Kier molecular flexibility index (Phi) is 5.45. The number of alkyl halides is 1. The highest BCUT2D eigenvalue weighted by Crippen LogP contribution is 2.21. The van der Waals surface area contributed by atoms with Crippen LogP contribution in [-0.4, -0.2) is 32.0 Å². The van der Waals surface area contributed by atoms with Gasteiger partial charge in [-0.1, -0.05) is 6.07 Å². The molecular formula is C12H14ClNO4. The van der Waals surface area contributed by atoms with Gasteiger partial charge in [0.15, 0.2) is 0 Å². The van der Waals surface area contributed by atoms with Crippen molar-refractivity contribution in [2.45, 2.75) is 6.54 Å². The van der Waals surface area contributed by atoms with Crippen molar-refractivity contribution >= 4 is 23.5 Å². The lowest BCUT2D eigenvalue weighted by Gasteiger charge is -2.09. The van der Waals surface area contributed by atoms with Gasteiger partial charge in [-0.15, -0.1) is 11.6 Å². The summed E-state index contributed by atoms with van der Waals surface area (Å²) in [5, 5.41) is 2.62. The lowest BCUT2D eigenvalue weighted by atomic mass is 10.1. The molecule has 18 heavy (non-hydrogen) atoms. The minimum absolute atomic E-state index is 0.0859. The van der Waals surface area contributed by atoms with E-state index in [4.69, 9.17) is 16.3 Å². The molecular weight excluding hydrogens is 258 g/mol. The predicted octanol–water partition coefficient (Wildman–Crippen LogP) is 1.34. The van der Waals surface area contributed by atoms with E-state index < -0.39 is 5.97 Å². The lowest BCUT2D eigenvalue weighted by molar-refractivity contribution is -0.118. The average molecular weight is 272 g/mol. The van der Waals surface area contributed by atoms with Gasteiger partial charge in [0.05, 0.1) is 14.2 Å². The molecule has 0 bridgehead atoms. The van der Waals surface area contributed by atoms with Crippen molar-refractivity contribution in [1.82, 2.24) is 5.32 Å². The molecule has 0 spiro atoms. The zero-order valence-corrected chi connectivity index (χ0v) is 10.9. The van der Waals surface area contributed by atoms with E-state index in [1.807, 2.05) is 0 Å². The highest BCUT2D eigenvalue weighted by atomic mass is 35.5. The third-order valence-electron chi connectivity index (χ3n) is 2.28. The van der Waals surface area contributed by atoms with Gasteiger partial charge in [0.1, 0.15) is 17.2 Å². The van der Waals surface area contributed by atoms with Gasteiger partial charge in [0, 0.05) is 6.54 Å². The second-order valence-electron chi connectivity index (χ2n) is 3.44. The van der Waals surface area contributed by atoms with E-state index in [0.29, 0.717) is 17.9 Å². The van der Waals surface area contributed by atoms with Crippen molar-refractivity contribution in [1.29, 1.82) is 0 Å². The first kappa shape index (κ1) is 14.3. The number of methoxy groups -OCH3 is 2. The number of ether oxygens (including phenoxy) is 2. The summed E-state index contributed by atoms with van der Waals surface area (Å²) in [5.41, 5.74) is 1.14. The number of hydrogen-bond acceptors (Lipinski definition) is 4. The topological polar surface area (TPSA) is 64.6 Å². The zero-order chi connectivity index (χ0) is 13.5. The summed E-state index contributed by atoms with van der Waals surface area (Å²) in [5.74, 6) is -0.410. The molecule has 1 N–H and O–H groups in total. The zero-order valence-electron chi connectivity index (χ0n) is 10.2. The lowest BCUT2D eigenvalue weighted by Crippen LogP contribution is -2.23. The third-order valence-corrected chi connectivity index (χ3v) is 2.53. The summed E-state index contributed by atoms with van der Waals surface area (Å²) in [6, 6.07) is 4.97. The molecule has 0 saturated carbocycles. The summed E-state index contributed by atoms with van der Waals surface area (Å²) in [6.45, 7) is 0.323. The SMILES string of the molecule is COC(=O)c1ccc(CNC(=O)CCl)cc1OC. The molecule has 0 radical (unpaired) electrons. The number of esters is 1. The Labute approximate surface area is 110 Å². The number of carbonyl (C=O) groups is 2. The van der Waals surface area contributed by atoms with E-state index in [-0.39, 0.29) is 11.8 Å². The molecule has 98 valence electrons. The number of carbonyl (C=O) groups excluding carboxylic acids is 2. The largest absolute Gasteiger partial charge is 0.496 e. The van der Waals surface area contributed by atoms with Crippen LogP contribution in [0.1, 0.15) is 15.9 Å². The van der Waals surface area contributed by atoms with Crippen LogP contribution in [0.4, 0.5) is 0 Å². The van der Waals surface area contributed by atoms with Crippen molar-refractivity contribution < 1.29 is 19.1 Å². The van der Waals surface area contributed by atoms with Gasteiger partial charge in [-0.05, 0) is 17.7 Å². The monoisotopic (exact) mass is 271 g/mol.